The summed E-state index contributed by atoms with van der Waals surface area (Å²) in [6, 6.07) is 14.8. The minimum absolute atomic E-state index is 0.00655. The van der Waals surface area contributed by atoms with E-state index < -0.39 is 10.0 Å². The van der Waals surface area contributed by atoms with Crippen molar-refractivity contribution in [2.75, 3.05) is 38.2 Å². The lowest BCUT2D eigenvalue weighted by atomic mass is 9.96. The Labute approximate surface area is 209 Å². The number of sulfonamides is 1. The molecule has 190 valence electrons. The van der Waals surface area contributed by atoms with Gasteiger partial charge in [0.2, 0.25) is 15.9 Å². The van der Waals surface area contributed by atoms with Gasteiger partial charge in [-0.1, -0.05) is 19.1 Å². The van der Waals surface area contributed by atoms with Crippen molar-refractivity contribution in [2.24, 2.45) is 11.8 Å². The van der Waals surface area contributed by atoms with Crippen molar-refractivity contribution in [3.8, 4) is 5.75 Å². The highest BCUT2D eigenvalue weighted by Crippen LogP contribution is 2.27. The van der Waals surface area contributed by atoms with Crippen LogP contribution in [0.1, 0.15) is 51.1 Å². The fourth-order valence-electron chi connectivity index (χ4n) is 5.07. The van der Waals surface area contributed by atoms with Crippen LogP contribution in [0.4, 0.5) is 5.69 Å². The predicted molar refractivity (Wildman–Crippen MR) is 138 cm³/mol. The third-order valence-electron chi connectivity index (χ3n) is 7.30. The normalized spacial score (nSPS) is 20.9. The number of hydrogen-bond donors (Lipinski definition) is 1. The molecule has 0 aliphatic carbocycles. The molecule has 0 aromatic heterocycles. The van der Waals surface area contributed by atoms with Crippen molar-refractivity contribution in [1.29, 1.82) is 0 Å². The summed E-state index contributed by atoms with van der Waals surface area (Å²) in [7, 11) is -2.03. The van der Waals surface area contributed by atoms with E-state index in [-0.39, 0.29) is 22.8 Å². The summed E-state index contributed by atoms with van der Waals surface area (Å²) in [5.41, 5.74) is 2.32. The lowest BCUT2D eigenvalue weighted by molar-refractivity contribution is -0.126. The number of nitrogens with zero attached hydrogens (tertiary/aromatic N) is 2. The predicted octanol–water partition coefficient (Wildman–Crippen LogP) is 4.21. The van der Waals surface area contributed by atoms with E-state index in [9.17, 15) is 13.2 Å². The van der Waals surface area contributed by atoms with E-state index in [0.717, 1.165) is 24.6 Å². The van der Waals surface area contributed by atoms with Gasteiger partial charge < -0.3 is 15.0 Å². The third kappa shape index (κ3) is 5.98. The lowest BCUT2D eigenvalue weighted by Crippen LogP contribution is -2.43. The first kappa shape index (κ1) is 25.5. The van der Waals surface area contributed by atoms with Crippen LogP contribution in [0.5, 0.6) is 5.75 Å². The molecule has 0 spiro atoms. The molecular weight excluding hydrogens is 462 g/mol. The average Bonchev–Trinajstić information content (AvgIpc) is 2.89. The van der Waals surface area contributed by atoms with Gasteiger partial charge in [-0.05, 0) is 80.5 Å². The molecule has 0 saturated carbocycles. The van der Waals surface area contributed by atoms with Gasteiger partial charge in [0.1, 0.15) is 5.75 Å². The molecule has 2 saturated heterocycles. The second-order valence-electron chi connectivity index (χ2n) is 9.87. The number of rotatable bonds is 7. The quantitative estimate of drug-likeness (QED) is 0.617. The van der Waals surface area contributed by atoms with Crippen molar-refractivity contribution in [1.82, 2.24) is 9.62 Å². The molecule has 2 fully saturated rings. The number of hydrogen-bond acceptors (Lipinski definition) is 5. The molecule has 2 atom stereocenters. The van der Waals surface area contributed by atoms with Crippen LogP contribution in [0.25, 0.3) is 0 Å². The van der Waals surface area contributed by atoms with Crippen LogP contribution < -0.4 is 15.0 Å². The van der Waals surface area contributed by atoms with E-state index in [0.29, 0.717) is 31.7 Å². The Morgan fingerprint density at radius 1 is 1.00 bits per heavy atom. The Kier molecular flexibility index (Phi) is 8.02. The Hall–Kier alpha value is -2.58. The summed E-state index contributed by atoms with van der Waals surface area (Å²) < 4.78 is 32.5. The number of carbonyl (C=O) groups is 1. The van der Waals surface area contributed by atoms with Crippen molar-refractivity contribution in [2.45, 2.75) is 50.5 Å². The largest absolute Gasteiger partial charge is 0.497 e. The molecule has 0 radical (unpaired) electrons. The molecule has 7 nitrogen and oxygen atoms in total. The molecule has 2 aliphatic rings. The number of nitrogens with one attached hydrogen (secondary N) is 1. The van der Waals surface area contributed by atoms with Crippen LogP contribution in [0.2, 0.25) is 0 Å². The number of methoxy groups -OCH3 is 1. The second-order valence-corrected chi connectivity index (χ2v) is 11.8. The van der Waals surface area contributed by atoms with E-state index in [2.05, 4.69) is 41.4 Å². The highest BCUT2D eigenvalue weighted by atomic mass is 32.2. The van der Waals surface area contributed by atoms with Gasteiger partial charge in [0.05, 0.1) is 18.0 Å². The second kappa shape index (κ2) is 11.0. The molecule has 2 heterocycles. The number of piperidine rings is 2. The molecule has 2 aromatic rings. The maximum Gasteiger partial charge on any atom is 0.243 e. The van der Waals surface area contributed by atoms with Gasteiger partial charge >= 0.3 is 0 Å². The van der Waals surface area contributed by atoms with Crippen LogP contribution in [-0.4, -0.2) is 51.9 Å². The highest BCUT2D eigenvalue weighted by Gasteiger charge is 2.32. The molecule has 1 N–H and O–H groups in total. The summed E-state index contributed by atoms with van der Waals surface area (Å²) in [5.74, 6) is 1.14. The molecule has 0 bridgehead atoms. The van der Waals surface area contributed by atoms with Crippen LogP contribution in [0, 0.1) is 11.8 Å². The van der Waals surface area contributed by atoms with Crippen molar-refractivity contribution >= 4 is 21.6 Å². The van der Waals surface area contributed by atoms with Crippen molar-refractivity contribution in [3.05, 3.63) is 54.1 Å². The Morgan fingerprint density at radius 2 is 1.66 bits per heavy atom. The molecule has 2 aliphatic heterocycles. The summed E-state index contributed by atoms with van der Waals surface area (Å²) >= 11 is 0. The summed E-state index contributed by atoms with van der Waals surface area (Å²) in [6.07, 6.45) is 3.56. The first-order valence-corrected chi connectivity index (χ1v) is 14.0. The standard InChI is InChI=1S/C27H37N3O4S/c1-20-5-4-16-29(19-20)24-8-6-22(7-9-24)21(2)28-27(31)23-14-17-30(18-15-23)35(32,33)26-12-10-25(34-3)11-13-26/h6-13,20-21,23H,4-5,14-19H2,1-3H3,(H,28,31). The lowest BCUT2D eigenvalue weighted by Gasteiger charge is -2.33. The zero-order valence-corrected chi connectivity index (χ0v) is 21.8. The number of anilines is 1. The van der Waals surface area contributed by atoms with Gasteiger partial charge in [-0.2, -0.15) is 4.31 Å². The Balaban J connectivity index is 1.29. The summed E-state index contributed by atoms with van der Waals surface area (Å²) in [4.78, 5) is 15.6. The smallest absolute Gasteiger partial charge is 0.243 e. The van der Waals surface area contributed by atoms with Crippen molar-refractivity contribution in [3.63, 3.8) is 0 Å². The topological polar surface area (TPSA) is 79.0 Å². The number of benzene rings is 2. The van der Waals surface area contributed by atoms with Gasteiger partial charge in [0.15, 0.2) is 0 Å². The van der Waals surface area contributed by atoms with Gasteiger partial charge in [-0.25, -0.2) is 8.42 Å². The maximum absolute atomic E-state index is 13.0. The van der Waals surface area contributed by atoms with E-state index in [1.165, 1.54) is 22.8 Å². The van der Waals surface area contributed by atoms with E-state index in [4.69, 9.17) is 4.74 Å². The Morgan fingerprint density at radius 3 is 2.26 bits per heavy atom. The maximum atomic E-state index is 13.0. The zero-order chi connectivity index (χ0) is 25.0. The van der Waals surface area contributed by atoms with Gasteiger partial charge in [0, 0.05) is 37.8 Å². The first-order valence-electron chi connectivity index (χ1n) is 12.6. The summed E-state index contributed by atoms with van der Waals surface area (Å²) in [5, 5.41) is 3.14. The van der Waals surface area contributed by atoms with Crippen molar-refractivity contribution < 1.29 is 17.9 Å². The van der Waals surface area contributed by atoms with Gasteiger partial charge in [-0.3, -0.25) is 4.79 Å². The minimum Gasteiger partial charge on any atom is -0.497 e. The number of ether oxygens (including phenoxy) is 1. The number of carbonyl (C=O) groups excluding carboxylic acids is 1. The van der Waals surface area contributed by atoms with Crippen LogP contribution in [0.15, 0.2) is 53.4 Å². The van der Waals surface area contributed by atoms with Crippen LogP contribution >= 0.6 is 0 Å². The molecule has 35 heavy (non-hydrogen) atoms. The molecular formula is C27H37N3O4S. The average molecular weight is 500 g/mol. The van der Waals surface area contributed by atoms with E-state index in [1.807, 2.05) is 6.92 Å². The minimum atomic E-state index is -3.58. The van der Waals surface area contributed by atoms with Crippen LogP contribution in [0.3, 0.4) is 0 Å². The zero-order valence-electron chi connectivity index (χ0n) is 20.9. The fourth-order valence-corrected chi connectivity index (χ4v) is 6.54. The summed E-state index contributed by atoms with van der Waals surface area (Å²) in [6.45, 7) is 7.17. The first-order chi connectivity index (χ1) is 16.8. The van der Waals surface area contributed by atoms with Gasteiger partial charge in [-0.15, -0.1) is 0 Å². The van der Waals surface area contributed by atoms with Gasteiger partial charge in [0.25, 0.3) is 0 Å². The fraction of sp³-hybridized carbons (Fsp3) is 0.519. The monoisotopic (exact) mass is 499 g/mol. The molecule has 1 amide bonds. The third-order valence-corrected chi connectivity index (χ3v) is 9.21. The van der Waals surface area contributed by atoms with E-state index in [1.54, 1.807) is 31.4 Å². The Bertz CT molecular complexity index is 1090. The molecule has 2 aromatic carbocycles. The molecule has 2 unspecified atom stereocenters. The van der Waals surface area contributed by atoms with Crippen LogP contribution in [-0.2, 0) is 14.8 Å². The molecule has 4 rings (SSSR count). The SMILES string of the molecule is COc1ccc(S(=O)(=O)N2CCC(C(=O)NC(C)c3ccc(N4CCCC(C)C4)cc3)CC2)cc1. The highest BCUT2D eigenvalue weighted by molar-refractivity contribution is 7.89. The number of amides is 1. The van der Waals surface area contributed by atoms with E-state index >= 15 is 0 Å². The molecule has 8 heteroatoms.